The van der Waals surface area contributed by atoms with Crippen molar-refractivity contribution in [1.29, 1.82) is 0 Å². The quantitative estimate of drug-likeness (QED) is 0.912. The van der Waals surface area contributed by atoms with Crippen LogP contribution in [0.3, 0.4) is 0 Å². The minimum atomic E-state index is -0.515. The van der Waals surface area contributed by atoms with Crippen molar-refractivity contribution in [3.63, 3.8) is 0 Å². The Morgan fingerprint density at radius 3 is 2.73 bits per heavy atom. The normalized spacial score (nSPS) is 18.9. The lowest BCUT2D eigenvalue weighted by Gasteiger charge is -2.34. The van der Waals surface area contributed by atoms with Gasteiger partial charge in [-0.25, -0.2) is 4.79 Å². The number of aryl methyl sites for hydroxylation is 1. The van der Waals surface area contributed by atoms with E-state index in [2.05, 4.69) is 5.32 Å². The second kappa shape index (κ2) is 6.42. The molecule has 1 saturated heterocycles. The Hall–Kier alpha value is -1.98. The molecule has 0 unspecified atom stereocenters. The number of piperidine rings is 1. The molecule has 2 heterocycles. The maximum Gasteiger partial charge on any atom is 0.410 e. The maximum absolute atomic E-state index is 12.2. The summed E-state index contributed by atoms with van der Waals surface area (Å²) in [5.41, 5.74) is 0.288. The van der Waals surface area contributed by atoms with Crippen LogP contribution in [0.2, 0.25) is 0 Å². The fourth-order valence-corrected chi connectivity index (χ4v) is 2.44. The van der Waals surface area contributed by atoms with Crippen molar-refractivity contribution < 1.29 is 18.7 Å². The van der Waals surface area contributed by atoms with E-state index in [-0.39, 0.29) is 18.0 Å². The third kappa shape index (κ3) is 4.26. The van der Waals surface area contributed by atoms with Crippen LogP contribution >= 0.6 is 0 Å². The van der Waals surface area contributed by atoms with Gasteiger partial charge in [-0.1, -0.05) is 0 Å². The van der Waals surface area contributed by atoms with Gasteiger partial charge in [0, 0.05) is 24.7 Å². The number of likely N-dealkylation sites (tertiary alicyclic amines) is 1. The summed E-state index contributed by atoms with van der Waals surface area (Å²) in [6.07, 6.45) is 2.84. The van der Waals surface area contributed by atoms with Gasteiger partial charge in [0.1, 0.15) is 5.60 Å². The van der Waals surface area contributed by atoms with Crippen LogP contribution in [-0.4, -0.2) is 41.6 Å². The molecule has 2 amide bonds. The Labute approximate surface area is 130 Å². The summed E-state index contributed by atoms with van der Waals surface area (Å²) in [4.78, 5) is 25.9. The van der Waals surface area contributed by atoms with E-state index in [1.807, 2.05) is 27.7 Å². The first kappa shape index (κ1) is 16.4. The van der Waals surface area contributed by atoms with Crippen molar-refractivity contribution in [3.05, 3.63) is 23.7 Å². The monoisotopic (exact) mass is 308 g/mol. The number of carbonyl (C=O) groups excluding carboxylic acids is 2. The van der Waals surface area contributed by atoms with Crippen LogP contribution in [-0.2, 0) is 4.74 Å². The fourth-order valence-electron chi connectivity index (χ4n) is 2.44. The molecule has 1 aliphatic rings. The van der Waals surface area contributed by atoms with Crippen LogP contribution in [0.25, 0.3) is 0 Å². The average molecular weight is 308 g/mol. The third-order valence-electron chi connectivity index (χ3n) is 3.48. The molecule has 1 aromatic heterocycles. The van der Waals surface area contributed by atoms with Crippen molar-refractivity contribution >= 4 is 12.0 Å². The first-order valence-corrected chi connectivity index (χ1v) is 7.59. The van der Waals surface area contributed by atoms with E-state index in [9.17, 15) is 9.59 Å². The molecule has 0 aromatic carbocycles. The maximum atomic E-state index is 12.2. The van der Waals surface area contributed by atoms with E-state index in [0.717, 1.165) is 18.4 Å². The van der Waals surface area contributed by atoms with Gasteiger partial charge in [0.25, 0.3) is 5.91 Å². The summed E-state index contributed by atoms with van der Waals surface area (Å²) >= 11 is 0. The van der Waals surface area contributed by atoms with Crippen LogP contribution in [0.5, 0.6) is 0 Å². The van der Waals surface area contributed by atoms with Gasteiger partial charge in [0.15, 0.2) is 5.76 Å². The number of carbonyl (C=O) groups is 2. The Morgan fingerprint density at radius 1 is 1.41 bits per heavy atom. The molecule has 0 bridgehead atoms. The Balaban J connectivity index is 1.92. The summed E-state index contributed by atoms with van der Waals surface area (Å²) in [7, 11) is 0. The number of nitrogens with zero attached hydrogens (tertiary/aromatic N) is 1. The van der Waals surface area contributed by atoms with Gasteiger partial charge in [-0.2, -0.15) is 0 Å². The standard InChI is InChI=1S/C16H24N2O4/c1-11-7-9-21-13(11)14(19)17-12-6-5-8-18(10-12)15(20)22-16(2,3)4/h7,9,12H,5-6,8,10H2,1-4H3,(H,17,19)/t12-/m1/s1. The lowest BCUT2D eigenvalue weighted by atomic mass is 10.1. The van der Waals surface area contributed by atoms with Crippen LogP contribution < -0.4 is 5.32 Å². The van der Waals surface area contributed by atoms with Gasteiger partial charge in [0.05, 0.1) is 6.26 Å². The van der Waals surface area contributed by atoms with Crippen LogP contribution in [0.15, 0.2) is 16.7 Å². The van der Waals surface area contributed by atoms with Gasteiger partial charge >= 0.3 is 6.09 Å². The number of rotatable bonds is 2. The third-order valence-corrected chi connectivity index (χ3v) is 3.48. The molecular weight excluding hydrogens is 284 g/mol. The molecule has 6 nitrogen and oxygen atoms in total. The molecule has 0 spiro atoms. The van der Waals surface area contributed by atoms with Crippen molar-refractivity contribution in [3.8, 4) is 0 Å². The molecule has 1 fully saturated rings. The van der Waals surface area contributed by atoms with Gasteiger partial charge in [0.2, 0.25) is 0 Å². The summed E-state index contributed by atoms with van der Waals surface area (Å²) in [5, 5.41) is 2.93. The van der Waals surface area contributed by atoms with Crippen molar-refractivity contribution in [2.24, 2.45) is 0 Å². The highest BCUT2D eigenvalue weighted by atomic mass is 16.6. The van der Waals surface area contributed by atoms with E-state index in [1.54, 1.807) is 11.0 Å². The number of ether oxygens (including phenoxy) is 1. The van der Waals surface area contributed by atoms with Crippen LogP contribution in [0.4, 0.5) is 4.79 Å². The lowest BCUT2D eigenvalue weighted by Crippen LogP contribution is -2.50. The number of amides is 2. The minimum Gasteiger partial charge on any atom is -0.459 e. The highest BCUT2D eigenvalue weighted by molar-refractivity contribution is 5.93. The molecule has 1 atom stereocenters. The summed E-state index contributed by atoms with van der Waals surface area (Å²) in [6, 6.07) is 1.67. The zero-order valence-electron chi connectivity index (χ0n) is 13.6. The predicted octanol–water partition coefficient (Wildman–Crippen LogP) is 2.72. The first-order chi connectivity index (χ1) is 10.3. The molecule has 0 radical (unpaired) electrons. The number of furan rings is 1. The fraction of sp³-hybridized carbons (Fsp3) is 0.625. The SMILES string of the molecule is Cc1ccoc1C(=O)N[C@@H]1CCCN(C(=O)OC(C)(C)C)C1. The Bertz CT molecular complexity index is 545. The molecule has 2 rings (SSSR count). The zero-order chi connectivity index (χ0) is 16.3. The Kier molecular flexibility index (Phi) is 4.78. The van der Waals surface area contributed by atoms with Crippen LogP contribution in [0, 0.1) is 6.92 Å². The summed E-state index contributed by atoms with van der Waals surface area (Å²) in [6.45, 7) is 8.46. The zero-order valence-corrected chi connectivity index (χ0v) is 13.6. The second-order valence-corrected chi connectivity index (χ2v) is 6.67. The molecule has 0 aliphatic carbocycles. The van der Waals surface area contributed by atoms with Gasteiger partial charge < -0.3 is 19.4 Å². The molecule has 1 aromatic rings. The molecule has 0 saturated carbocycles. The first-order valence-electron chi connectivity index (χ1n) is 7.59. The largest absolute Gasteiger partial charge is 0.459 e. The van der Waals surface area contributed by atoms with E-state index < -0.39 is 5.60 Å². The van der Waals surface area contributed by atoms with Gasteiger partial charge in [-0.3, -0.25) is 4.79 Å². The van der Waals surface area contributed by atoms with E-state index in [0.29, 0.717) is 18.8 Å². The van der Waals surface area contributed by atoms with Crippen molar-refractivity contribution in [2.45, 2.75) is 52.2 Å². The summed E-state index contributed by atoms with van der Waals surface area (Å²) < 4.78 is 10.6. The van der Waals surface area contributed by atoms with Crippen LogP contribution in [0.1, 0.15) is 49.7 Å². The number of hydrogen-bond acceptors (Lipinski definition) is 4. The molecular formula is C16H24N2O4. The molecule has 22 heavy (non-hydrogen) atoms. The van der Waals surface area contributed by atoms with Gasteiger partial charge in [-0.15, -0.1) is 0 Å². The van der Waals surface area contributed by atoms with Crippen molar-refractivity contribution in [2.75, 3.05) is 13.1 Å². The molecule has 6 heteroatoms. The average Bonchev–Trinajstić information content (AvgIpc) is 2.83. The van der Waals surface area contributed by atoms with E-state index in [1.165, 1.54) is 6.26 Å². The van der Waals surface area contributed by atoms with Gasteiger partial charge in [-0.05, 0) is 46.6 Å². The highest BCUT2D eigenvalue weighted by Gasteiger charge is 2.29. The molecule has 122 valence electrons. The highest BCUT2D eigenvalue weighted by Crippen LogP contribution is 2.16. The number of hydrogen-bond donors (Lipinski definition) is 1. The van der Waals surface area contributed by atoms with Crippen molar-refractivity contribution in [1.82, 2.24) is 10.2 Å². The lowest BCUT2D eigenvalue weighted by molar-refractivity contribution is 0.0185. The Morgan fingerprint density at radius 2 is 2.14 bits per heavy atom. The number of nitrogens with one attached hydrogen (secondary N) is 1. The predicted molar refractivity (Wildman–Crippen MR) is 81.7 cm³/mol. The van der Waals surface area contributed by atoms with E-state index in [4.69, 9.17) is 9.15 Å². The molecule has 1 N–H and O–H groups in total. The smallest absolute Gasteiger partial charge is 0.410 e. The minimum absolute atomic E-state index is 0.0849. The second-order valence-electron chi connectivity index (χ2n) is 6.67. The topological polar surface area (TPSA) is 71.8 Å². The molecule has 1 aliphatic heterocycles. The summed E-state index contributed by atoms with van der Waals surface area (Å²) in [5.74, 6) is 0.0907. The van der Waals surface area contributed by atoms with E-state index >= 15 is 0 Å².